The zero-order valence-electron chi connectivity index (χ0n) is 32.2. The van der Waals surface area contributed by atoms with Gasteiger partial charge >= 0.3 is 6.09 Å². The van der Waals surface area contributed by atoms with Crippen LogP contribution in [0.15, 0.2) is 79.0 Å². The molecule has 2 aromatic heterocycles. The summed E-state index contributed by atoms with van der Waals surface area (Å²) >= 11 is 0. The number of carbonyl (C=O) groups is 3. The summed E-state index contributed by atoms with van der Waals surface area (Å²) in [6.07, 6.45) is 3.80. The summed E-state index contributed by atoms with van der Waals surface area (Å²) in [7, 11) is 0. The van der Waals surface area contributed by atoms with Crippen molar-refractivity contribution >= 4 is 39.7 Å². The molecule has 2 fully saturated rings. The maximum Gasteiger partial charge on any atom is 0.405 e. The number of aromatic nitrogens is 4. The Morgan fingerprint density at radius 2 is 1.75 bits per heavy atom. The summed E-state index contributed by atoms with van der Waals surface area (Å²) in [4.78, 5) is 59.2. The van der Waals surface area contributed by atoms with Gasteiger partial charge < -0.3 is 40.7 Å². The number of nitrogens with zero attached hydrogens (tertiary/aromatic N) is 4. The van der Waals surface area contributed by atoms with Crippen molar-refractivity contribution < 1.29 is 24.2 Å². The number of imidazole rings is 2. The number of nitrogens with two attached hydrogens (primary N) is 1. The van der Waals surface area contributed by atoms with E-state index in [4.69, 9.17) is 20.4 Å². The summed E-state index contributed by atoms with van der Waals surface area (Å²) in [5.41, 5.74) is 13.9. The number of carboxylic acid groups (broad SMARTS) is 1. The van der Waals surface area contributed by atoms with E-state index in [-0.39, 0.29) is 35.9 Å². The number of ether oxygens (including phenoxy) is 1. The molecule has 13 nitrogen and oxygen atoms in total. The monoisotopic (exact) mass is 766 g/mol. The normalized spacial score (nSPS) is 20.1. The molecule has 292 valence electrons. The van der Waals surface area contributed by atoms with Gasteiger partial charge in [0.05, 0.1) is 35.0 Å². The molecule has 4 aromatic carbocycles. The Bertz CT molecular complexity index is 2530. The van der Waals surface area contributed by atoms with Crippen molar-refractivity contribution in [1.29, 1.82) is 0 Å². The highest BCUT2D eigenvalue weighted by molar-refractivity contribution is 6.07. The molecule has 0 bridgehead atoms. The Morgan fingerprint density at radius 3 is 2.54 bits per heavy atom. The van der Waals surface area contributed by atoms with Crippen LogP contribution in [0.2, 0.25) is 0 Å². The molecule has 5 atom stereocenters. The van der Waals surface area contributed by atoms with Gasteiger partial charge in [-0.05, 0) is 90.4 Å². The first-order valence-electron chi connectivity index (χ1n) is 19.8. The van der Waals surface area contributed by atoms with Crippen LogP contribution in [-0.4, -0.2) is 71.4 Å². The number of likely N-dealkylation sites (tertiary alicyclic amines) is 2. The van der Waals surface area contributed by atoms with Gasteiger partial charge in [-0.3, -0.25) is 9.59 Å². The van der Waals surface area contributed by atoms with Crippen molar-refractivity contribution in [3.8, 4) is 28.1 Å². The molecule has 3 amide bonds. The molecule has 0 saturated carbocycles. The number of benzene rings is 4. The van der Waals surface area contributed by atoms with Crippen molar-refractivity contribution in [2.75, 3.05) is 6.54 Å². The third-order valence-corrected chi connectivity index (χ3v) is 12.0. The summed E-state index contributed by atoms with van der Waals surface area (Å²) in [5.74, 6) is 1.70. The number of amides is 3. The highest BCUT2D eigenvalue weighted by Gasteiger charge is 2.41. The molecule has 0 aliphatic carbocycles. The minimum absolute atomic E-state index is 0.0472. The van der Waals surface area contributed by atoms with Crippen LogP contribution in [0.5, 0.6) is 5.75 Å². The van der Waals surface area contributed by atoms with E-state index in [1.807, 2.05) is 62.1 Å². The molecule has 57 heavy (non-hydrogen) atoms. The second-order valence-corrected chi connectivity index (χ2v) is 15.9. The summed E-state index contributed by atoms with van der Waals surface area (Å²) < 4.78 is 6.41. The number of nitrogens with one attached hydrogen (secondary N) is 3. The van der Waals surface area contributed by atoms with Crippen molar-refractivity contribution in [1.82, 2.24) is 35.1 Å². The van der Waals surface area contributed by atoms with Gasteiger partial charge in [0.15, 0.2) is 0 Å². The summed E-state index contributed by atoms with van der Waals surface area (Å²) in [6.45, 7) is 6.71. The fraction of sp³-hybridized carbons (Fsp3) is 0.341. The Balaban J connectivity index is 0.969. The van der Waals surface area contributed by atoms with Gasteiger partial charge in [-0.25, -0.2) is 14.8 Å². The SMILES string of the molecule is CC(C)C(NC(=O)O)C(=O)N1[C@@H](C)CC[C@H]1c1ncc(-c2ccc3c(c2)COc2cc4c(ccc5[nH]c([C@@H]6CCCN6C(=O)C(N)c6ccccc6)nc54)cc2-3)[nH]1. The van der Waals surface area contributed by atoms with Gasteiger partial charge in [-0.2, -0.15) is 0 Å². The molecule has 0 spiro atoms. The van der Waals surface area contributed by atoms with Crippen LogP contribution in [0.1, 0.15) is 87.4 Å². The van der Waals surface area contributed by atoms with Gasteiger partial charge in [0.1, 0.15) is 36.1 Å². The number of carbonyl (C=O) groups excluding carboxylic acids is 2. The van der Waals surface area contributed by atoms with Crippen molar-refractivity contribution in [3.05, 3.63) is 102 Å². The predicted octanol–water partition coefficient (Wildman–Crippen LogP) is 7.37. The fourth-order valence-corrected chi connectivity index (χ4v) is 9.01. The molecule has 2 saturated heterocycles. The van der Waals surface area contributed by atoms with Crippen LogP contribution in [0.25, 0.3) is 44.2 Å². The molecule has 13 heteroatoms. The fourth-order valence-electron chi connectivity index (χ4n) is 9.01. The molecule has 3 aliphatic rings. The topological polar surface area (TPSA) is 183 Å². The molecule has 0 radical (unpaired) electrons. The maximum absolute atomic E-state index is 13.7. The van der Waals surface area contributed by atoms with Crippen LogP contribution >= 0.6 is 0 Å². The van der Waals surface area contributed by atoms with Crippen molar-refractivity contribution in [3.63, 3.8) is 0 Å². The standard InChI is InChI=1S/C44H46N8O5/c1-23(2)38(50-44(55)56)43(54)52-24(3)11-16-35(52)40-46-21-33(48-40)27-12-14-29-28(18-27)22-57-36-20-30-26(19-31(29)36)13-15-32-39(30)49-41(47-32)34-10-7-17-51(34)42(53)37(45)25-8-5-4-6-9-25/h4-6,8-9,12-15,18-21,23-24,34-35,37-38,50H,7,10-11,16-17,22,45H2,1-3H3,(H,46,48)(H,47,49)(H,55,56)/t24-,34-,35-,37?,38?/m0/s1. The number of H-pyrrole nitrogens is 2. The predicted molar refractivity (Wildman–Crippen MR) is 216 cm³/mol. The first kappa shape index (κ1) is 36.4. The largest absolute Gasteiger partial charge is 0.488 e. The number of fused-ring (bicyclic) bond motifs is 6. The van der Waals surface area contributed by atoms with E-state index in [2.05, 4.69) is 51.7 Å². The maximum atomic E-state index is 13.7. The van der Waals surface area contributed by atoms with Gasteiger partial charge in [0, 0.05) is 23.5 Å². The van der Waals surface area contributed by atoms with E-state index in [1.54, 1.807) is 11.1 Å². The second-order valence-electron chi connectivity index (χ2n) is 15.9. The van der Waals surface area contributed by atoms with Gasteiger partial charge in [0.2, 0.25) is 11.8 Å². The lowest BCUT2D eigenvalue weighted by atomic mass is 9.92. The Labute approximate surface area is 329 Å². The molecule has 3 aliphatic heterocycles. The van der Waals surface area contributed by atoms with Gasteiger partial charge in [-0.15, -0.1) is 0 Å². The number of aromatic amines is 2. The van der Waals surface area contributed by atoms with E-state index < -0.39 is 18.2 Å². The third kappa shape index (κ3) is 6.45. The molecular formula is C44H46N8O5. The zero-order chi connectivity index (χ0) is 39.5. The quantitative estimate of drug-likeness (QED) is 0.106. The second kappa shape index (κ2) is 14.4. The average Bonchev–Trinajstić information content (AvgIpc) is 4.04. The van der Waals surface area contributed by atoms with Crippen LogP contribution in [0.3, 0.4) is 0 Å². The lowest BCUT2D eigenvalue weighted by Crippen LogP contribution is -2.52. The van der Waals surface area contributed by atoms with E-state index in [0.717, 1.165) is 92.6 Å². The van der Waals surface area contributed by atoms with E-state index in [0.29, 0.717) is 19.0 Å². The van der Waals surface area contributed by atoms with Crippen LogP contribution in [0, 0.1) is 5.92 Å². The molecule has 5 heterocycles. The average molecular weight is 767 g/mol. The van der Waals surface area contributed by atoms with Crippen molar-refractivity contribution in [2.45, 2.75) is 83.3 Å². The highest BCUT2D eigenvalue weighted by Crippen LogP contribution is 2.44. The lowest BCUT2D eigenvalue weighted by Gasteiger charge is -2.32. The Kier molecular flexibility index (Phi) is 9.19. The highest BCUT2D eigenvalue weighted by atomic mass is 16.5. The Hall–Kier alpha value is -6.21. The number of rotatable bonds is 8. The Morgan fingerprint density at radius 1 is 0.930 bits per heavy atom. The summed E-state index contributed by atoms with van der Waals surface area (Å²) in [5, 5.41) is 13.8. The van der Waals surface area contributed by atoms with Crippen molar-refractivity contribution in [2.24, 2.45) is 11.7 Å². The van der Waals surface area contributed by atoms with E-state index in [1.165, 1.54) is 0 Å². The van der Waals surface area contributed by atoms with Crippen LogP contribution < -0.4 is 15.8 Å². The minimum Gasteiger partial charge on any atom is -0.488 e. The first-order chi connectivity index (χ1) is 27.5. The number of hydrogen-bond acceptors (Lipinski definition) is 7. The van der Waals surface area contributed by atoms with Crippen LogP contribution in [0.4, 0.5) is 4.79 Å². The van der Waals surface area contributed by atoms with Gasteiger partial charge in [0.25, 0.3) is 0 Å². The zero-order valence-corrected chi connectivity index (χ0v) is 32.2. The molecular weight excluding hydrogens is 721 g/mol. The van der Waals surface area contributed by atoms with Crippen LogP contribution in [-0.2, 0) is 16.2 Å². The molecule has 6 aromatic rings. The lowest BCUT2D eigenvalue weighted by molar-refractivity contribution is -0.137. The third-order valence-electron chi connectivity index (χ3n) is 12.0. The smallest absolute Gasteiger partial charge is 0.405 e. The molecule has 9 rings (SSSR count). The van der Waals surface area contributed by atoms with E-state index in [9.17, 15) is 19.5 Å². The first-order valence-corrected chi connectivity index (χ1v) is 19.8. The van der Waals surface area contributed by atoms with Gasteiger partial charge in [-0.1, -0.05) is 62.4 Å². The summed E-state index contributed by atoms with van der Waals surface area (Å²) in [6, 6.07) is 22.1. The number of hydrogen-bond donors (Lipinski definition) is 5. The molecule has 2 unspecified atom stereocenters. The van der Waals surface area contributed by atoms with E-state index >= 15 is 0 Å². The minimum atomic E-state index is -1.21. The molecule has 6 N–H and O–H groups in total.